The zero-order valence-corrected chi connectivity index (χ0v) is 21.4. The van der Waals surface area contributed by atoms with E-state index in [1.54, 1.807) is 0 Å². The number of ether oxygens (including phenoxy) is 2. The van der Waals surface area contributed by atoms with Crippen LogP contribution in [0.5, 0.6) is 5.75 Å². The van der Waals surface area contributed by atoms with E-state index in [2.05, 4.69) is 24.3 Å². The van der Waals surface area contributed by atoms with Gasteiger partial charge in [0.05, 0.1) is 0 Å². The molecule has 0 radical (unpaired) electrons. The lowest BCUT2D eigenvalue weighted by atomic mass is 9.92. The van der Waals surface area contributed by atoms with Crippen molar-refractivity contribution >= 4 is 12.1 Å². The third-order valence-corrected chi connectivity index (χ3v) is 7.78. The van der Waals surface area contributed by atoms with Gasteiger partial charge in [0.2, 0.25) is 0 Å². The van der Waals surface area contributed by atoms with Crippen molar-refractivity contribution in [2.75, 3.05) is 13.2 Å². The molecule has 0 saturated carbocycles. The van der Waals surface area contributed by atoms with E-state index in [1.165, 1.54) is 4.90 Å². The summed E-state index contributed by atoms with van der Waals surface area (Å²) in [6.45, 7) is 0.940. The van der Waals surface area contributed by atoms with E-state index in [1.807, 2.05) is 78.9 Å². The number of rotatable bonds is 7. The Bertz CT molecular complexity index is 1440. The van der Waals surface area contributed by atoms with Gasteiger partial charge in [0.15, 0.2) is 0 Å². The zero-order chi connectivity index (χ0) is 26.8. The number of carbonyl (C=O) groups is 2. The molecule has 2 atom stereocenters. The molecule has 4 aromatic rings. The molecule has 2 aliphatic rings. The smallest absolute Gasteiger partial charge is 0.410 e. The molecule has 0 bridgehead atoms. The molecule has 0 spiro atoms. The first kappa shape index (κ1) is 24.7. The van der Waals surface area contributed by atoms with Crippen molar-refractivity contribution in [1.29, 1.82) is 0 Å². The molecule has 1 saturated heterocycles. The number of fused-ring (bicyclic) bond motifs is 3. The summed E-state index contributed by atoms with van der Waals surface area (Å²) >= 11 is 0. The number of hydrogen-bond acceptors (Lipinski definition) is 4. The first-order valence-electron chi connectivity index (χ1n) is 13.2. The minimum Gasteiger partial charge on any atom is -0.489 e. The lowest BCUT2D eigenvalue weighted by molar-refractivity contribution is -0.142. The minimum atomic E-state index is -1.03. The van der Waals surface area contributed by atoms with Crippen LogP contribution in [0.4, 0.5) is 4.79 Å². The number of hydrogen-bond donors (Lipinski definition) is 1. The van der Waals surface area contributed by atoms with Crippen LogP contribution in [0.2, 0.25) is 0 Å². The molecule has 0 unspecified atom stereocenters. The number of carboxylic acids is 1. The summed E-state index contributed by atoms with van der Waals surface area (Å²) in [6, 6.07) is 32.7. The number of amides is 1. The van der Waals surface area contributed by atoms with E-state index < -0.39 is 18.1 Å². The number of carboxylic acid groups (broad SMARTS) is 1. The van der Waals surface area contributed by atoms with E-state index >= 15 is 0 Å². The predicted molar refractivity (Wildman–Crippen MR) is 148 cm³/mol. The molecule has 1 aliphatic heterocycles. The molecule has 1 heterocycles. The van der Waals surface area contributed by atoms with Crippen LogP contribution in [0.1, 0.15) is 40.5 Å². The molecule has 196 valence electrons. The molecule has 1 aliphatic carbocycles. The molecule has 1 fully saturated rings. The zero-order valence-electron chi connectivity index (χ0n) is 21.4. The molecule has 0 aromatic heterocycles. The van der Waals surface area contributed by atoms with Gasteiger partial charge in [-0.3, -0.25) is 4.90 Å². The van der Waals surface area contributed by atoms with Crippen molar-refractivity contribution in [2.24, 2.45) is 0 Å². The van der Waals surface area contributed by atoms with Gasteiger partial charge in [-0.05, 0) is 51.9 Å². The quantitative estimate of drug-likeness (QED) is 0.303. The second kappa shape index (κ2) is 10.7. The Morgan fingerprint density at radius 3 is 2.05 bits per heavy atom. The SMILES string of the molecule is O=C(O)[C@@H]1[C@@H](c2ccc(OCc3ccccc3)cc2)CCN1C(=O)OCC1c2ccccc2-c2ccccc21. The molecule has 4 aromatic carbocycles. The molecule has 6 nitrogen and oxygen atoms in total. The van der Waals surface area contributed by atoms with Gasteiger partial charge < -0.3 is 14.6 Å². The molecule has 1 amide bonds. The average molecular weight is 520 g/mol. The topological polar surface area (TPSA) is 76.1 Å². The highest BCUT2D eigenvalue weighted by Crippen LogP contribution is 2.44. The lowest BCUT2D eigenvalue weighted by Gasteiger charge is -2.25. The summed E-state index contributed by atoms with van der Waals surface area (Å²) in [5.74, 6) is -0.728. The van der Waals surface area contributed by atoms with Crippen LogP contribution < -0.4 is 4.74 Å². The van der Waals surface area contributed by atoms with Gasteiger partial charge in [-0.2, -0.15) is 0 Å². The second-order valence-corrected chi connectivity index (χ2v) is 10.0. The van der Waals surface area contributed by atoms with Crippen molar-refractivity contribution < 1.29 is 24.2 Å². The van der Waals surface area contributed by atoms with Gasteiger partial charge in [0, 0.05) is 18.4 Å². The maximum Gasteiger partial charge on any atom is 0.410 e. The second-order valence-electron chi connectivity index (χ2n) is 10.0. The van der Waals surface area contributed by atoms with Gasteiger partial charge in [0.25, 0.3) is 0 Å². The molecular formula is C33H29NO5. The Balaban J connectivity index is 1.13. The summed E-state index contributed by atoms with van der Waals surface area (Å²) in [5, 5.41) is 10.1. The van der Waals surface area contributed by atoms with Crippen LogP contribution in [0.25, 0.3) is 11.1 Å². The number of benzene rings is 4. The first-order valence-corrected chi connectivity index (χ1v) is 13.2. The first-order chi connectivity index (χ1) is 19.1. The molecule has 39 heavy (non-hydrogen) atoms. The summed E-state index contributed by atoms with van der Waals surface area (Å²) in [5.41, 5.74) is 6.47. The third-order valence-electron chi connectivity index (χ3n) is 7.78. The van der Waals surface area contributed by atoms with Gasteiger partial charge in [-0.1, -0.05) is 91.0 Å². The Hall–Kier alpha value is -4.58. The number of carbonyl (C=O) groups excluding carboxylic acids is 1. The third kappa shape index (κ3) is 4.86. The number of likely N-dealkylation sites (tertiary alicyclic amines) is 1. The average Bonchev–Trinajstić information content (AvgIpc) is 3.56. The Labute approximate surface area is 227 Å². The van der Waals surface area contributed by atoms with Crippen molar-refractivity contribution in [2.45, 2.75) is 30.9 Å². The van der Waals surface area contributed by atoms with E-state index in [-0.39, 0.29) is 18.4 Å². The van der Waals surface area contributed by atoms with Crippen LogP contribution >= 0.6 is 0 Å². The van der Waals surface area contributed by atoms with E-state index in [0.29, 0.717) is 25.3 Å². The fraction of sp³-hybridized carbons (Fsp3) is 0.212. The van der Waals surface area contributed by atoms with E-state index in [4.69, 9.17) is 9.47 Å². The molecule has 6 heteroatoms. The largest absolute Gasteiger partial charge is 0.489 e. The highest BCUT2D eigenvalue weighted by atomic mass is 16.6. The fourth-order valence-electron chi connectivity index (χ4n) is 5.88. The van der Waals surface area contributed by atoms with Crippen LogP contribution in [0.15, 0.2) is 103 Å². The highest BCUT2D eigenvalue weighted by Gasteiger charge is 2.44. The Morgan fingerprint density at radius 2 is 1.41 bits per heavy atom. The Kier molecular flexibility index (Phi) is 6.76. The minimum absolute atomic E-state index is 0.0774. The fourth-order valence-corrected chi connectivity index (χ4v) is 5.88. The van der Waals surface area contributed by atoms with Crippen molar-refractivity contribution in [3.63, 3.8) is 0 Å². The maximum atomic E-state index is 13.2. The standard InChI is InChI=1S/C33H29NO5/c35-32(36)31-25(23-14-16-24(17-15-23)38-20-22-8-2-1-3-9-22)18-19-34(31)33(37)39-21-30-28-12-6-4-10-26(28)27-11-5-7-13-29(27)30/h1-17,25,30-31H,18-21H2,(H,35,36)/t25-,31+/m1/s1. The van der Waals surface area contributed by atoms with Gasteiger partial charge in [0.1, 0.15) is 25.0 Å². The predicted octanol–water partition coefficient (Wildman–Crippen LogP) is 6.46. The van der Waals surface area contributed by atoms with Gasteiger partial charge >= 0.3 is 12.1 Å². The van der Waals surface area contributed by atoms with Crippen LogP contribution in [0, 0.1) is 0 Å². The number of nitrogens with zero attached hydrogens (tertiary/aromatic N) is 1. The summed E-state index contributed by atoms with van der Waals surface area (Å²) in [6.07, 6.45) is -0.0413. The molecule has 6 rings (SSSR count). The number of aliphatic carboxylic acids is 1. The molecule has 1 N–H and O–H groups in total. The van der Waals surface area contributed by atoms with Crippen LogP contribution in [-0.4, -0.2) is 41.3 Å². The normalized spacial score (nSPS) is 17.9. The Morgan fingerprint density at radius 1 is 0.795 bits per heavy atom. The highest BCUT2D eigenvalue weighted by molar-refractivity contribution is 5.83. The van der Waals surface area contributed by atoms with Crippen molar-refractivity contribution in [3.05, 3.63) is 125 Å². The maximum absolute atomic E-state index is 13.2. The molecular weight excluding hydrogens is 490 g/mol. The van der Waals surface area contributed by atoms with Crippen molar-refractivity contribution in [3.8, 4) is 16.9 Å². The van der Waals surface area contributed by atoms with Gasteiger partial charge in [-0.15, -0.1) is 0 Å². The van der Waals surface area contributed by atoms with Crippen LogP contribution in [0.3, 0.4) is 0 Å². The summed E-state index contributed by atoms with van der Waals surface area (Å²) in [4.78, 5) is 26.9. The van der Waals surface area contributed by atoms with Crippen LogP contribution in [-0.2, 0) is 16.1 Å². The van der Waals surface area contributed by atoms with Gasteiger partial charge in [-0.25, -0.2) is 9.59 Å². The lowest BCUT2D eigenvalue weighted by Crippen LogP contribution is -2.43. The monoisotopic (exact) mass is 519 g/mol. The van der Waals surface area contributed by atoms with E-state index in [9.17, 15) is 14.7 Å². The van der Waals surface area contributed by atoms with E-state index in [0.717, 1.165) is 33.4 Å². The summed E-state index contributed by atoms with van der Waals surface area (Å²) in [7, 11) is 0. The van der Waals surface area contributed by atoms with Crippen molar-refractivity contribution in [1.82, 2.24) is 4.90 Å². The summed E-state index contributed by atoms with van der Waals surface area (Å²) < 4.78 is 11.7.